The van der Waals surface area contributed by atoms with Crippen LogP contribution in [-0.4, -0.2) is 31.1 Å². The van der Waals surface area contributed by atoms with Crippen molar-refractivity contribution in [3.8, 4) is 5.75 Å². The van der Waals surface area contributed by atoms with Gasteiger partial charge >= 0.3 is 6.18 Å². The summed E-state index contributed by atoms with van der Waals surface area (Å²) in [5, 5.41) is 9.72. The number of benzene rings is 1. The summed E-state index contributed by atoms with van der Waals surface area (Å²) in [7, 11) is 0. The molecule has 0 fully saturated rings. The van der Waals surface area contributed by atoms with Crippen molar-refractivity contribution in [1.29, 1.82) is 0 Å². The van der Waals surface area contributed by atoms with E-state index >= 15 is 0 Å². The fraction of sp³-hybridized carbons (Fsp3) is 0.500. The number of hydrogen-bond donors (Lipinski definition) is 1. The second kappa shape index (κ2) is 5.16. The fourth-order valence-electron chi connectivity index (χ4n) is 1.80. The van der Waals surface area contributed by atoms with Crippen LogP contribution >= 0.6 is 0 Å². The maximum Gasteiger partial charge on any atom is 0.411 e. The first-order valence-corrected chi connectivity index (χ1v) is 5.54. The summed E-state index contributed by atoms with van der Waals surface area (Å²) < 4.78 is 45.3. The van der Waals surface area contributed by atoms with Crippen molar-refractivity contribution < 1.29 is 27.8 Å². The highest BCUT2D eigenvalue weighted by Crippen LogP contribution is 2.28. The topological polar surface area (TPSA) is 38.7 Å². The number of rotatable bonds is 4. The summed E-state index contributed by atoms with van der Waals surface area (Å²) in [4.78, 5) is 0. The van der Waals surface area contributed by atoms with Crippen LogP contribution in [-0.2, 0) is 11.2 Å². The Kier molecular flexibility index (Phi) is 3.77. The van der Waals surface area contributed by atoms with E-state index in [4.69, 9.17) is 4.74 Å². The third-order valence-corrected chi connectivity index (χ3v) is 2.64. The molecule has 1 atom stereocenters. The number of aliphatic hydroxyl groups is 1. The number of fused-ring (bicyclic) bond motifs is 1. The number of ether oxygens (including phenoxy) is 2. The van der Waals surface area contributed by atoms with Crippen LogP contribution in [0.15, 0.2) is 18.2 Å². The zero-order chi connectivity index (χ0) is 13.2. The van der Waals surface area contributed by atoms with Crippen LogP contribution < -0.4 is 4.74 Å². The van der Waals surface area contributed by atoms with E-state index in [9.17, 15) is 18.3 Å². The summed E-state index contributed by atoms with van der Waals surface area (Å²) in [6, 6.07) is 5.08. The van der Waals surface area contributed by atoms with E-state index in [1.807, 2.05) is 0 Å². The molecule has 100 valence electrons. The molecule has 1 unspecified atom stereocenters. The Hall–Kier alpha value is -1.27. The molecular weight excluding hydrogens is 249 g/mol. The molecule has 6 heteroatoms. The number of aliphatic hydroxyl groups excluding tert-OH is 1. The van der Waals surface area contributed by atoms with E-state index in [-0.39, 0.29) is 6.61 Å². The lowest BCUT2D eigenvalue weighted by atomic mass is 10.0. The molecule has 0 saturated heterocycles. The third kappa shape index (κ3) is 3.36. The molecular formula is C12H13F3O3. The molecule has 1 N–H and O–H groups in total. The van der Waals surface area contributed by atoms with E-state index < -0.39 is 18.9 Å². The van der Waals surface area contributed by atoms with Crippen molar-refractivity contribution in [2.75, 3.05) is 19.8 Å². The summed E-state index contributed by atoms with van der Waals surface area (Å²) in [5.74, 6) is 0.766. The fourth-order valence-corrected chi connectivity index (χ4v) is 1.80. The first kappa shape index (κ1) is 13.2. The Labute approximate surface area is 102 Å². The van der Waals surface area contributed by atoms with Crippen molar-refractivity contribution in [3.05, 3.63) is 29.3 Å². The van der Waals surface area contributed by atoms with Crippen LogP contribution in [0.5, 0.6) is 5.75 Å². The van der Waals surface area contributed by atoms with Crippen molar-refractivity contribution in [3.63, 3.8) is 0 Å². The summed E-state index contributed by atoms with van der Waals surface area (Å²) in [5.41, 5.74) is 1.50. The van der Waals surface area contributed by atoms with Gasteiger partial charge in [-0.05, 0) is 23.3 Å². The molecule has 0 aromatic heterocycles. The minimum Gasteiger partial charge on any atom is -0.493 e. The van der Waals surface area contributed by atoms with Crippen LogP contribution in [0, 0.1) is 0 Å². The highest BCUT2D eigenvalue weighted by molar-refractivity contribution is 5.40. The van der Waals surface area contributed by atoms with E-state index in [0.717, 1.165) is 17.7 Å². The summed E-state index contributed by atoms with van der Waals surface area (Å²) in [6.45, 7) is -1.13. The van der Waals surface area contributed by atoms with Crippen molar-refractivity contribution in [2.24, 2.45) is 0 Å². The zero-order valence-corrected chi connectivity index (χ0v) is 9.54. The lowest BCUT2D eigenvalue weighted by Gasteiger charge is -2.13. The van der Waals surface area contributed by atoms with E-state index in [1.165, 1.54) is 0 Å². The largest absolute Gasteiger partial charge is 0.493 e. The molecule has 1 aromatic carbocycles. The zero-order valence-electron chi connectivity index (χ0n) is 9.54. The molecule has 0 amide bonds. The first-order chi connectivity index (χ1) is 8.46. The molecule has 1 aromatic rings. The molecule has 0 aliphatic carbocycles. The maximum absolute atomic E-state index is 11.9. The predicted molar refractivity (Wildman–Crippen MR) is 57.5 cm³/mol. The normalized spacial score (nSPS) is 16.2. The Bertz CT molecular complexity index is 418. The van der Waals surface area contributed by atoms with E-state index in [0.29, 0.717) is 12.2 Å². The van der Waals surface area contributed by atoms with Crippen LogP contribution in [0.25, 0.3) is 0 Å². The van der Waals surface area contributed by atoms with Gasteiger partial charge in [-0.1, -0.05) is 6.07 Å². The number of alkyl halides is 3. The molecule has 1 aliphatic rings. The van der Waals surface area contributed by atoms with Crippen LogP contribution in [0.3, 0.4) is 0 Å². The van der Waals surface area contributed by atoms with Crippen LogP contribution in [0.4, 0.5) is 13.2 Å². The van der Waals surface area contributed by atoms with Gasteiger partial charge in [0.05, 0.1) is 13.2 Å². The molecule has 18 heavy (non-hydrogen) atoms. The molecule has 2 rings (SSSR count). The number of hydrogen-bond acceptors (Lipinski definition) is 3. The minimum atomic E-state index is -4.37. The van der Waals surface area contributed by atoms with Gasteiger partial charge in [-0.3, -0.25) is 0 Å². The van der Waals surface area contributed by atoms with Crippen LogP contribution in [0.2, 0.25) is 0 Å². The van der Waals surface area contributed by atoms with E-state index in [1.54, 1.807) is 18.2 Å². The summed E-state index contributed by atoms with van der Waals surface area (Å²) in [6.07, 6.45) is -4.68. The van der Waals surface area contributed by atoms with Crippen molar-refractivity contribution in [1.82, 2.24) is 0 Å². The molecule has 0 spiro atoms. The van der Waals surface area contributed by atoms with Gasteiger partial charge in [0.1, 0.15) is 18.5 Å². The average Bonchev–Trinajstić information content (AvgIpc) is 2.73. The van der Waals surface area contributed by atoms with Gasteiger partial charge in [0.2, 0.25) is 0 Å². The van der Waals surface area contributed by atoms with Crippen molar-refractivity contribution >= 4 is 0 Å². The van der Waals surface area contributed by atoms with Gasteiger partial charge in [-0.25, -0.2) is 0 Å². The Morgan fingerprint density at radius 3 is 2.89 bits per heavy atom. The Balaban J connectivity index is 1.91. The minimum absolute atomic E-state index is 0.376. The first-order valence-electron chi connectivity index (χ1n) is 5.54. The molecule has 1 heterocycles. The molecule has 1 aliphatic heterocycles. The van der Waals surface area contributed by atoms with Crippen LogP contribution in [0.1, 0.15) is 17.2 Å². The number of halogens is 3. The third-order valence-electron chi connectivity index (χ3n) is 2.64. The predicted octanol–water partition coefficient (Wildman–Crippen LogP) is 2.23. The van der Waals surface area contributed by atoms with Gasteiger partial charge in [0, 0.05) is 6.42 Å². The molecule has 3 nitrogen and oxygen atoms in total. The van der Waals surface area contributed by atoms with Crippen molar-refractivity contribution in [2.45, 2.75) is 18.7 Å². The smallest absolute Gasteiger partial charge is 0.411 e. The van der Waals surface area contributed by atoms with Gasteiger partial charge < -0.3 is 14.6 Å². The highest BCUT2D eigenvalue weighted by Gasteiger charge is 2.28. The van der Waals surface area contributed by atoms with Gasteiger partial charge in [0.25, 0.3) is 0 Å². The van der Waals surface area contributed by atoms with Gasteiger partial charge in [-0.2, -0.15) is 13.2 Å². The maximum atomic E-state index is 11.9. The van der Waals surface area contributed by atoms with E-state index in [2.05, 4.69) is 4.74 Å². The van der Waals surface area contributed by atoms with Gasteiger partial charge in [0.15, 0.2) is 0 Å². The summed E-state index contributed by atoms with van der Waals surface area (Å²) >= 11 is 0. The second-order valence-corrected chi connectivity index (χ2v) is 4.11. The molecule has 0 radical (unpaired) electrons. The highest BCUT2D eigenvalue weighted by atomic mass is 19.4. The SMILES string of the molecule is OC(COCC(F)(F)F)c1ccc2c(c1)CCO2. The lowest BCUT2D eigenvalue weighted by Crippen LogP contribution is -2.19. The Morgan fingerprint density at radius 2 is 2.17 bits per heavy atom. The molecule has 0 bridgehead atoms. The monoisotopic (exact) mass is 262 g/mol. The Morgan fingerprint density at radius 1 is 1.39 bits per heavy atom. The standard InChI is InChI=1S/C12H13F3O3/c13-12(14,15)7-17-6-10(16)8-1-2-11-9(5-8)3-4-18-11/h1-2,5,10,16H,3-4,6-7H2. The molecule has 0 saturated carbocycles. The van der Waals surface area contributed by atoms with Gasteiger partial charge in [-0.15, -0.1) is 0 Å². The second-order valence-electron chi connectivity index (χ2n) is 4.11. The lowest BCUT2D eigenvalue weighted by molar-refractivity contribution is -0.179. The quantitative estimate of drug-likeness (QED) is 0.904. The average molecular weight is 262 g/mol.